The average molecular weight is 256 g/mol. The number of benzene rings is 1. The molecule has 1 saturated heterocycles. The normalized spacial score (nSPS) is 23.6. The summed E-state index contributed by atoms with van der Waals surface area (Å²) >= 11 is 6.07. The summed E-state index contributed by atoms with van der Waals surface area (Å²) in [6, 6.07) is 7.80. The molecule has 94 valence electrons. The minimum absolute atomic E-state index is 0.348. The van der Waals surface area contributed by atoms with E-state index in [-0.39, 0.29) is 0 Å². The predicted octanol–water partition coefficient (Wildman–Crippen LogP) is 2.09. The Morgan fingerprint density at radius 3 is 3.00 bits per heavy atom. The van der Waals surface area contributed by atoms with Gasteiger partial charge < -0.3 is 9.84 Å². The second kappa shape index (κ2) is 5.83. The first-order valence-electron chi connectivity index (χ1n) is 5.93. The van der Waals surface area contributed by atoms with Crippen molar-refractivity contribution in [1.82, 2.24) is 4.90 Å². The molecule has 0 aliphatic carbocycles. The second-order valence-electron chi connectivity index (χ2n) is 4.46. The number of ether oxygens (including phenoxy) is 1. The van der Waals surface area contributed by atoms with Crippen LogP contribution >= 0.6 is 11.6 Å². The summed E-state index contributed by atoms with van der Waals surface area (Å²) < 4.78 is 5.37. The number of morpholine rings is 1. The molecule has 0 amide bonds. The lowest BCUT2D eigenvalue weighted by molar-refractivity contribution is -0.0202. The van der Waals surface area contributed by atoms with E-state index < -0.39 is 6.10 Å². The van der Waals surface area contributed by atoms with Gasteiger partial charge in [-0.2, -0.15) is 0 Å². The molecule has 0 radical (unpaired) electrons. The lowest BCUT2D eigenvalue weighted by Crippen LogP contribution is -2.45. The van der Waals surface area contributed by atoms with Gasteiger partial charge in [0.05, 0.1) is 19.3 Å². The highest BCUT2D eigenvalue weighted by molar-refractivity contribution is 6.31. The molecule has 4 heteroatoms. The summed E-state index contributed by atoms with van der Waals surface area (Å²) in [5.41, 5.74) is 0.799. The maximum Gasteiger partial charge on any atom is 0.0931 e. The fourth-order valence-electron chi connectivity index (χ4n) is 2.10. The highest BCUT2D eigenvalue weighted by Gasteiger charge is 2.22. The lowest BCUT2D eigenvalue weighted by Gasteiger charge is -2.34. The molecule has 0 saturated carbocycles. The Balaban J connectivity index is 2.01. The van der Waals surface area contributed by atoms with E-state index in [1.54, 1.807) is 0 Å². The van der Waals surface area contributed by atoms with E-state index in [9.17, 15) is 5.11 Å². The molecule has 1 aliphatic rings. The van der Waals surface area contributed by atoms with Gasteiger partial charge in [-0.15, -0.1) is 0 Å². The summed E-state index contributed by atoms with van der Waals surface area (Å²) in [6.45, 7) is 5.05. The summed E-state index contributed by atoms with van der Waals surface area (Å²) in [5.74, 6) is 0. The molecule has 1 heterocycles. The standard InChI is InChI=1S/C13H18ClNO2/c1-10-9-17-7-6-15(10)8-13(16)11-4-2-3-5-12(11)14/h2-5,10,13,16H,6-9H2,1H3/t10-,13+/m0/s1. The largest absolute Gasteiger partial charge is 0.387 e. The molecule has 0 unspecified atom stereocenters. The number of aliphatic hydroxyl groups is 1. The van der Waals surface area contributed by atoms with Gasteiger partial charge in [0.1, 0.15) is 0 Å². The SMILES string of the molecule is C[C@H]1COCCN1C[C@@H](O)c1ccccc1Cl. The van der Waals surface area contributed by atoms with Crippen molar-refractivity contribution < 1.29 is 9.84 Å². The molecule has 1 aliphatic heterocycles. The van der Waals surface area contributed by atoms with Crippen LogP contribution in [0.1, 0.15) is 18.6 Å². The van der Waals surface area contributed by atoms with E-state index in [1.165, 1.54) is 0 Å². The Morgan fingerprint density at radius 1 is 1.53 bits per heavy atom. The fraction of sp³-hybridized carbons (Fsp3) is 0.538. The number of hydrogen-bond donors (Lipinski definition) is 1. The molecule has 1 fully saturated rings. The zero-order valence-corrected chi connectivity index (χ0v) is 10.7. The number of β-amino-alcohol motifs (C(OH)–C–C–N with tert-alkyl or cyclic N) is 1. The molecule has 2 atom stereocenters. The third-order valence-electron chi connectivity index (χ3n) is 3.18. The quantitative estimate of drug-likeness (QED) is 0.898. The van der Waals surface area contributed by atoms with E-state index in [1.807, 2.05) is 24.3 Å². The zero-order chi connectivity index (χ0) is 12.3. The number of halogens is 1. The van der Waals surface area contributed by atoms with Gasteiger partial charge in [0, 0.05) is 29.7 Å². The topological polar surface area (TPSA) is 32.7 Å². The van der Waals surface area contributed by atoms with Crippen LogP contribution in [0, 0.1) is 0 Å². The first-order valence-corrected chi connectivity index (χ1v) is 6.30. The number of nitrogens with zero attached hydrogens (tertiary/aromatic N) is 1. The van der Waals surface area contributed by atoms with E-state index >= 15 is 0 Å². The summed E-state index contributed by atoms with van der Waals surface area (Å²) in [6.07, 6.45) is -0.538. The molecular weight excluding hydrogens is 238 g/mol. The molecule has 17 heavy (non-hydrogen) atoms. The molecule has 1 aromatic rings. The van der Waals surface area contributed by atoms with Crippen LogP contribution in [-0.2, 0) is 4.74 Å². The van der Waals surface area contributed by atoms with Crippen molar-refractivity contribution in [3.05, 3.63) is 34.9 Å². The molecule has 0 aromatic heterocycles. The summed E-state index contributed by atoms with van der Waals surface area (Å²) in [5, 5.41) is 10.8. The van der Waals surface area contributed by atoms with E-state index in [0.717, 1.165) is 25.3 Å². The smallest absolute Gasteiger partial charge is 0.0931 e. The third kappa shape index (κ3) is 3.19. The molecule has 3 nitrogen and oxygen atoms in total. The van der Waals surface area contributed by atoms with Gasteiger partial charge in [-0.25, -0.2) is 0 Å². The molecular formula is C13H18ClNO2. The Kier molecular flexibility index (Phi) is 4.40. The highest BCUT2D eigenvalue weighted by atomic mass is 35.5. The minimum Gasteiger partial charge on any atom is -0.387 e. The maximum atomic E-state index is 10.2. The maximum absolute atomic E-state index is 10.2. The van der Waals surface area contributed by atoms with Gasteiger partial charge in [0.2, 0.25) is 0 Å². The van der Waals surface area contributed by atoms with Crippen LogP contribution in [0.2, 0.25) is 5.02 Å². The monoisotopic (exact) mass is 255 g/mol. The van der Waals surface area contributed by atoms with Crippen molar-refractivity contribution >= 4 is 11.6 Å². The van der Waals surface area contributed by atoms with Crippen LogP contribution in [0.3, 0.4) is 0 Å². The van der Waals surface area contributed by atoms with E-state index in [0.29, 0.717) is 17.6 Å². The van der Waals surface area contributed by atoms with Gasteiger partial charge >= 0.3 is 0 Å². The van der Waals surface area contributed by atoms with Gasteiger partial charge in [0.25, 0.3) is 0 Å². The summed E-state index contributed by atoms with van der Waals surface area (Å²) in [7, 11) is 0. The predicted molar refractivity (Wildman–Crippen MR) is 68.3 cm³/mol. The van der Waals surface area contributed by atoms with Crippen LogP contribution in [0.5, 0.6) is 0 Å². The van der Waals surface area contributed by atoms with Gasteiger partial charge in [0.15, 0.2) is 0 Å². The van der Waals surface area contributed by atoms with Crippen molar-refractivity contribution in [2.45, 2.75) is 19.1 Å². The molecule has 0 bridgehead atoms. The minimum atomic E-state index is -0.538. The Labute approximate surface area is 107 Å². The van der Waals surface area contributed by atoms with E-state index in [2.05, 4.69) is 11.8 Å². The van der Waals surface area contributed by atoms with Crippen molar-refractivity contribution in [2.24, 2.45) is 0 Å². The van der Waals surface area contributed by atoms with Crippen LogP contribution in [0.15, 0.2) is 24.3 Å². The van der Waals surface area contributed by atoms with Crippen molar-refractivity contribution in [2.75, 3.05) is 26.3 Å². The van der Waals surface area contributed by atoms with Crippen molar-refractivity contribution in [1.29, 1.82) is 0 Å². The Morgan fingerprint density at radius 2 is 2.29 bits per heavy atom. The molecule has 1 N–H and O–H groups in total. The fourth-order valence-corrected chi connectivity index (χ4v) is 2.36. The van der Waals surface area contributed by atoms with Gasteiger partial charge in [-0.1, -0.05) is 29.8 Å². The molecule has 0 spiro atoms. The van der Waals surface area contributed by atoms with Gasteiger partial charge in [-0.3, -0.25) is 4.90 Å². The van der Waals surface area contributed by atoms with Crippen LogP contribution < -0.4 is 0 Å². The van der Waals surface area contributed by atoms with Crippen LogP contribution in [0.25, 0.3) is 0 Å². The Hall–Kier alpha value is -0.610. The van der Waals surface area contributed by atoms with Crippen molar-refractivity contribution in [3.8, 4) is 0 Å². The van der Waals surface area contributed by atoms with E-state index in [4.69, 9.17) is 16.3 Å². The Bertz CT molecular complexity index is 372. The van der Waals surface area contributed by atoms with Gasteiger partial charge in [-0.05, 0) is 13.0 Å². The molecule has 1 aromatic carbocycles. The number of hydrogen-bond acceptors (Lipinski definition) is 3. The third-order valence-corrected chi connectivity index (χ3v) is 3.52. The van der Waals surface area contributed by atoms with Crippen molar-refractivity contribution in [3.63, 3.8) is 0 Å². The van der Waals surface area contributed by atoms with Crippen LogP contribution in [0.4, 0.5) is 0 Å². The lowest BCUT2D eigenvalue weighted by atomic mass is 10.1. The second-order valence-corrected chi connectivity index (χ2v) is 4.86. The van der Waals surface area contributed by atoms with Crippen LogP contribution in [-0.4, -0.2) is 42.4 Å². The number of rotatable bonds is 3. The zero-order valence-electron chi connectivity index (χ0n) is 9.97. The summed E-state index contributed by atoms with van der Waals surface area (Å²) in [4.78, 5) is 2.23. The highest BCUT2D eigenvalue weighted by Crippen LogP contribution is 2.24. The number of aliphatic hydroxyl groups excluding tert-OH is 1. The average Bonchev–Trinajstić information content (AvgIpc) is 2.32. The first-order chi connectivity index (χ1) is 8.18. The first kappa shape index (κ1) is 12.8. The molecule has 2 rings (SSSR count).